The fraction of sp³-hybridized carbons (Fsp3) is 0.950. The van der Waals surface area contributed by atoms with Gasteiger partial charge in [0.2, 0.25) is 0 Å². The first-order chi connectivity index (χ1) is 47.9. The molecule has 0 aromatic rings. The molecule has 0 heterocycles. The first-order valence-electron chi connectivity index (χ1n) is 41.5. The largest absolute Gasteiger partial charge is 0.472 e. The molecule has 0 aliphatic rings. The van der Waals surface area contributed by atoms with Crippen LogP contribution in [0, 0.1) is 11.8 Å². The van der Waals surface area contributed by atoms with Gasteiger partial charge in [0.05, 0.1) is 26.4 Å². The molecule has 0 radical (unpaired) electrons. The van der Waals surface area contributed by atoms with E-state index in [4.69, 9.17) is 37.0 Å². The highest BCUT2D eigenvalue weighted by Gasteiger charge is 2.30. The molecule has 0 saturated heterocycles. The van der Waals surface area contributed by atoms with Crippen molar-refractivity contribution in [3.8, 4) is 0 Å². The molecule has 0 aromatic heterocycles. The summed E-state index contributed by atoms with van der Waals surface area (Å²) in [6.45, 7) is 9.65. The van der Waals surface area contributed by atoms with Crippen LogP contribution in [0.1, 0.15) is 420 Å². The molecule has 0 aliphatic heterocycles. The minimum Gasteiger partial charge on any atom is -0.462 e. The maximum atomic E-state index is 13.1. The molecule has 588 valence electrons. The Morgan fingerprint density at radius 1 is 0.293 bits per heavy atom. The van der Waals surface area contributed by atoms with Gasteiger partial charge in [-0.25, -0.2) is 9.13 Å². The van der Waals surface area contributed by atoms with E-state index >= 15 is 0 Å². The van der Waals surface area contributed by atoms with E-state index in [-0.39, 0.29) is 25.7 Å². The van der Waals surface area contributed by atoms with Crippen LogP contribution in [0.5, 0.6) is 0 Å². The fourth-order valence-corrected chi connectivity index (χ4v) is 13.9. The number of rotatable bonds is 79. The van der Waals surface area contributed by atoms with Gasteiger partial charge in [-0.1, -0.05) is 369 Å². The van der Waals surface area contributed by atoms with Crippen LogP contribution in [0.4, 0.5) is 0 Å². The lowest BCUT2D eigenvalue weighted by Crippen LogP contribution is -2.30. The van der Waals surface area contributed by atoms with Gasteiger partial charge in [0.15, 0.2) is 12.2 Å². The third-order valence-electron chi connectivity index (χ3n) is 19.1. The summed E-state index contributed by atoms with van der Waals surface area (Å²) < 4.78 is 68.7. The van der Waals surface area contributed by atoms with Crippen molar-refractivity contribution in [3.63, 3.8) is 0 Å². The number of aliphatic hydroxyl groups excluding tert-OH is 1. The van der Waals surface area contributed by atoms with Crippen molar-refractivity contribution in [2.45, 2.75) is 439 Å². The molecule has 0 saturated carbocycles. The van der Waals surface area contributed by atoms with Gasteiger partial charge in [0.1, 0.15) is 19.3 Å². The monoisotopic (exact) mass is 1450 g/mol. The number of carbonyl (C=O) groups excluding carboxylic acids is 4. The molecular weight excluding hydrogens is 1290 g/mol. The number of hydrogen-bond acceptors (Lipinski definition) is 15. The number of phosphoric ester groups is 2. The number of unbranched alkanes of at least 4 members (excludes halogenated alkanes) is 48. The quantitative estimate of drug-likeness (QED) is 0.0222. The summed E-state index contributed by atoms with van der Waals surface area (Å²) in [6, 6.07) is 0. The molecular formula is C80H156O17P2. The molecule has 99 heavy (non-hydrogen) atoms. The van der Waals surface area contributed by atoms with Crippen LogP contribution in [-0.2, 0) is 65.4 Å². The Morgan fingerprint density at radius 2 is 0.515 bits per heavy atom. The third kappa shape index (κ3) is 72.8. The summed E-state index contributed by atoms with van der Waals surface area (Å²) in [5, 5.41) is 10.6. The Hall–Kier alpha value is -1.94. The molecule has 0 fully saturated rings. The van der Waals surface area contributed by atoms with Crippen LogP contribution in [-0.4, -0.2) is 96.7 Å². The molecule has 0 amide bonds. The SMILES string of the molecule is CCCCCCCCCCCCCCCCCCC(=O)OC[C@H](COP(=O)(O)OC[C@@H](O)COP(=O)(O)OC[C@@H](COC(=O)CCCCCCCCCCC(C)CC)OC(=O)CCCCCCCCCCCCCCC(C)C)OC(=O)CCCCCCCCCCCCCCCCCC. The molecule has 6 atom stereocenters. The molecule has 0 aromatic carbocycles. The minimum absolute atomic E-state index is 0.107. The van der Waals surface area contributed by atoms with Gasteiger partial charge in [0.25, 0.3) is 0 Å². The maximum absolute atomic E-state index is 13.1. The number of phosphoric acid groups is 2. The van der Waals surface area contributed by atoms with Crippen molar-refractivity contribution < 1.29 is 80.2 Å². The number of carbonyl (C=O) groups is 4. The molecule has 3 unspecified atom stereocenters. The summed E-state index contributed by atoms with van der Waals surface area (Å²) in [6.07, 6.45) is 60.9. The standard InChI is InChI=1S/C80H156O17P2/c1-7-10-12-14-16-18-20-22-24-26-28-33-37-44-50-56-62-77(82)90-68-75(96-79(84)64-58-52-46-38-34-29-27-25-23-21-19-17-15-13-11-8-2)70-94-98(86,87)92-66-74(81)67-93-99(88,89)95-71-76(69-91-78(83)63-57-51-45-41-40-43-49-55-61-73(6)9-3)97-80(85)65-59-53-47-39-35-31-30-32-36-42-48-54-60-72(4)5/h72-76,81H,7-71H2,1-6H3,(H,86,87)(H,88,89)/t73?,74-,75-,76-/m1/s1. The Kier molecular flexibility index (Phi) is 70.3. The first-order valence-corrected chi connectivity index (χ1v) is 44.5. The number of hydrogen-bond donors (Lipinski definition) is 3. The Labute approximate surface area is 607 Å². The van der Waals surface area contributed by atoms with Crippen molar-refractivity contribution in [1.29, 1.82) is 0 Å². The van der Waals surface area contributed by atoms with Crippen molar-refractivity contribution in [2.24, 2.45) is 11.8 Å². The molecule has 0 bridgehead atoms. The van der Waals surface area contributed by atoms with E-state index in [1.807, 2.05) is 0 Å². The molecule has 0 spiro atoms. The molecule has 19 heteroatoms. The molecule has 0 rings (SSSR count). The van der Waals surface area contributed by atoms with Gasteiger partial charge in [-0.3, -0.25) is 37.3 Å². The average Bonchev–Trinajstić information content (AvgIpc) is 1.14. The first kappa shape index (κ1) is 97.1. The Morgan fingerprint density at radius 3 is 0.768 bits per heavy atom. The summed E-state index contributed by atoms with van der Waals surface area (Å²) in [7, 11) is -9.92. The second-order valence-corrected chi connectivity index (χ2v) is 32.4. The van der Waals surface area contributed by atoms with Crippen LogP contribution in [0.25, 0.3) is 0 Å². The van der Waals surface area contributed by atoms with E-state index in [1.54, 1.807) is 0 Å². The number of ether oxygens (including phenoxy) is 4. The topological polar surface area (TPSA) is 237 Å². The molecule has 17 nitrogen and oxygen atoms in total. The van der Waals surface area contributed by atoms with Crippen LogP contribution in [0.2, 0.25) is 0 Å². The zero-order valence-corrected chi connectivity index (χ0v) is 66.6. The molecule has 0 aliphatic carbocycles. The Balaban J connectivity index is 5.27. The lowest BCUT2D eigenvalue weighted by molar-refractivity contribution is -0.161. The third-order valence-corrected chi connectivity index (χ3v) is 21.0. The fourth-order valence-electron chi connectivity index (χ4n) is 12.3. The van der Waals surface area contributed by atoms with E-state index < -0.39 is 97.5 Å². The van der Waals surface area contributed by atoms with Gasteiger partial charge in [-0.15, -0.1) is 0 Å². The highest BCUT2D eigenvalue weighted by atomic mass is 31.2. The highest BCUT2D eigenvalue weighted by molar-refractivity contribution is 7.47. The van der Waals surface area contributed by atoms with Gasteiger partial charge in [-0.05, 0) is 37.5 Å². The van der Waals surface area contributed by atoms with E-state index in [2.05, 4.69) is 41.5 Å². The second-order valence-electron chi connectivity index (χ2n) is 29.5. The van der Waals surface area contributed by atoms with Crippen molar-refractivity contribution in [2.75, 3.05) is 39.6 Å². The summed E-state index contributed by atoms with van der Waals surface area (Å²) >= 11 is 0. The highest BCUT2D eigenvalue weighted by Crippen LogP contribution is 2.45. The van der Waals surface area contributed by atoms with Crippen LogP contribution >= 0.6 is 15.6 Å². The van der Waals surface area contributed by atoms with E-state index in [0.717, 1.165) is 102 Å². The van der Waals surface area contributed by atoms with Crippen LogP contribution in [0.3, 0.4) is 0 Å². The lowest BCUT2D eigenvalue weighted by Gasteiger charge is -2.21. The maximum Gasteiger partial charge on any atom is 0.472 e. The number of aliphatic hydroxyl groups is 1. The van der Waals surface area contributed by atoms with Gasteiger partial charge >= 0.3 is 39.5 Å². The second kappa shape index (κ2) is 71.7. The van der Waals surface area contributed by atoms with Gasteiger partial charge in [-0.2, -0.15) is 0 Å². The zero-order chi connectivity index (χ0) is 72.8. The Bertz CT molecular complexity index is 1910. The summed E-state index contributed by atoms with van der Waals surface area (Å²) in [4.78, 5) is 73.0. The van der Waals surface area contributed by atoms with Crippen molar-refractivity contribution in [3.05, 3.63) is 0 Å². The number of esters is 4. The normalized spacial score (nSPS) is 14.2. The van der Waals surface area contributed by atoms with Crippen LogP contribution in [0.15, 0.2) is 0 Å². The van der Waals surface area contributed by atoms with E-state index in [0.29, 0.717) is 25.7 Å². The average molecular weight is 1450 g/mol. The smallest absolute Gasteiger partial charge is 0.462 e. The summed E-state index contributed by atoms with van der Waals surface area (Å²) in [5.74, 6) is -0.554. The van der Waals surface area contributed by atoms with Crippen molar-refractivity contribution in [1.82, 2.24) is 0 Å². The molecule has 3 N–H and O–H groups in total. The van der Waals surface area contributed by atoms with Gasteiger partial charge < -0.3 is 33.8 Å². The van der Waals surface area contributed by atoms with Crippen LogP contribution < -0.4 is 0 Å². The summed E-state index contributed by atoms with van der Waals surface area (Å²) in [5.41, 5.74) is 0. The predicted octanol–water partition coefficient (Wildman–Crippen LogP) is 23.9. The van der Waals surface area contributed by atoms with E-state index in [9.17, 15) is 43.2 Å². The van der Waals surface area contributed by atoms with Gasteiger partial charge in [0, 0.05) is 25.7 Å². The minimum atomic E-state index is -4.96. The zero-order valence-electron chi connectivity index (χ0n) is 64.8. The van der Waals surface area contributed by atoms with Crippen molar-refractivity contribution >= 4 is 39.5 Å². The predicted molar refractivity (Wildman–Crippen MR) is 405 cm³/mol. The van der Waals surface area contributed by atoms with E-state index in [1.165, 1.54) is 238 Å². The lowest BCUT2D eigenvalue weighted by atomic mass is 9.99.